The van der Waals surface area contributed by atoms with Crippen molar-refractivity contribution in [3.63, 3.8) is 0 Å². The Labute approximate surface area is 203 Å². The topological polar surface area (TPSA) is 87.2 Å². The van der Waals surface area contributed by atoms with Crippen LogP contribution in [0.4, 0.5) is 10.5 Å². The monoisotopic (exact) mass is 547 g/mol. The number of carbonyl (C=O) groups is 1. The van der Waals surface area contributed by atoms with Crippen molar-refractivity contribution in [1.82, 2.24) is 16.0 Å². The Morgan fingerprint density at radius 1 is 1.32 bits per heavy atom. The average molecular weight is 547 g/mol. The van der Waals surface area contributed by atoms with E-state index in [0.29, 0.717) is 19.1 Å². The molecule has 1 heterocycles. The number of para-hydroxylation sites is 2. The zero-order valence-electron chi connectivity index (χ0n) is 19.3. The van der Waals surface area contributed by atoms with E-state index in [1.807, 2.05) is 18.2 Å². The molecule has 1 fully saturated rings. The van der Waals surface area contributed by atoms with Crippen LogP contribution in [-0.4, -0.2) is 64.5 Å². The Balaban J connectivity index is 0.00000480. The minimum Gasteiger partial charge on any atom is -0.495 e. The summed E-state index contributed by atoms with van der Waals surface area (Å²) in [4.78, 5) is 18.5. The van der Waals surface area contributed by atoms with E-state index < -0.39 is 0 Å². The van der Waals surface area contributed by atoms with Gasteiger partial charge in [-0.1, -0.05) is 26.0 Å². The molecule has 2 atom stereocenters. The first-order chi connectivity index (χ1) is 14.5. The van der Waals surface area contributed by atoms with Crippen LogP contribution in [0.5, 0.6) is 5.75 Å². The van der Waals surface area contributed by atoms with E-state index in [1.54, 1.807) is 21.1 Å². The molecule has 1 amide bonds. The van der Waals surface area contributed by atoms with Crippen LogP contribution in [0.25, 0.3) is 0 Å². The smallest absolute Gasteiger partial charge is 0.407 e. The van der Waals surface area contributed by atoms with E-state index in [2.05, 4.69) is 45.8 Å². The van der Waals surface area contributed by atoms with Gasteiger partial charge in [0.25, 0.3) is 0 Å². The Morgan fingerprint density at radius 3 is 2.71 bits per heavy atom. The number of methoxy groups -OCH3 is 1. The molecular formula is C22H38IN5O3. The average Bonchev–Trinajstić information content (AvgIpc) is 3.19. The van der Waals surface area contributed by atoms with Crippen LogP contribution in [-0.2, 0) is 4.74 Å². The normalized spacial score (nSPS) is 17.0. The Kier molecular flexibility index (Phi) is 12.4. The summed E-state index contributed by atoms with van der Waals surface area (Å²) in [5.74, 6) is 2.08. The third kappa shape index (κ3) is 9.00. The molecule has 0 bridgehead atoms. The van der Waals surface area contributed by atoms with Crippen molar-refractivity contribution in [2.24, 2.45) is 10.9 Å². The number of guanidine groups is 1. The lowest BCUT2D eigenvalue weighted by molar-refractivity contribution is 0.146. The second-order valence-corrected chi connectivity index (χ2v) is 7.89. The van der Waals surface area contributed by atoms with Crippen LogP contribution in [0.1, 0.15) is 33.6 Å². The number of nitrogens with one attached hydrogen (secondary N) is 3. The summed E-state index contributed by atoms with van der Waals surface area (Å²) in [5.41, 5.74) is 1.11. The molecule has 0 aliphatic carbocycles. The quantitative estimate of drug-likeness (QED) is 0.250. The number of alkyl carbamates (subject to hydrolysis) is 1. The fourth-order valence-corrected chi connectivity index (χ4v) is 3.70. The number of aliphatic imine (C=N–C) groups is 1. The van der Waals surface area contributed by atoms with Gasteiger partial charge in [0.2, 0.25) is 0 Å². The van der Waals surface area contributed by atoms with Crippen molar-refractivity contribution in [1.29, 1.82) is 0 Å². The lowest BCUT2D eigenvalue weighted by atomic mass is 10.0. The molecule has 0 spiro atoms. The molecule has 1 saturated heterocycles. The van der Waals surface area contributed by atoms with Gasteiger partial charge in [0, 0.05) is 38.8 Å². The molecule has 9 heteroatoms. The van der Waals surface area contributed by atoms with Gasteiger partial charge in [-0.05, 0) is 37.8 Å². The van der Waals surface area contributed by atoms with Gasteiger partial charge in [0.05, 0.1) is 19.4 Å². The third-order valence-corrected chi connectivity index (χ3v) is 5.05. The number of rotatable bonds is 9. The van der Waals surface area contributed by atoms with Crippen LogP contribution < -0.4 is 25.6 Å². The number of amides is 1. The molecule has 1 aromatic rings. The summed E-state index contributed by atoms with van der Waals surface area (Å²) in [6.07, 6.45) is 1.49. The summed E-state index contributed by atoms with van der Waals surface area (Å²) >= 11 is 0. The summed E-state index contributed by atoms with van der Waals surface area (Å²) in [5, 5.41) is 9.79. The highest BCUT2D eigenvalue weighted by molar-refractivity contribution is 14.0. The minimum atomic E-state index is -0.379. The van der Waals surface area contributed by atoms with Crippen LogP contribution in [0.3, 0.4) is 0 Å². The fraction of sp³-hybridized carbons (Fsp3) is 0.636. The van der Waals surface area contributed by atoms with Gasteiger partial charge < -0.3 is 30.3 Å². The third-order valence-electron chi connectivity index (χ3n) is 5.05. The lowest BCUT2D eigenvalue weighted by Crippen LogP contribution is -2.50. The number of ether oxygens (including phenoxy) is 2. The molecule has 2 rings (SSSR count). The van der Waals surface area contributed by atoms with Gasteiger partial charge >= 0.3 is 6.09 Å². The number of carbonyl (C=O) groups excluding carboxylic acids is 1. The zero-order chi connectivity index (χ0) is 21.9. The maximum atomic E-state index is 11.8. The molecule has 1 aliphatic rings. The number of hydrogen-bond donors (Lipinski definition) is 3. The summed E-state index contributed by atoms with van der Waals surface area (Å²) in [6.45, 7) is 8.85. The zero-order valence-corrected chi connectivity index (χ0v) is 21.6. The van der Waals surface area contributed by atoms with Crippen molar-refractivity contribution >= 4 is 41.7 Å². The molecule has 1 aliphatic heterocycles. The van der Waals surface area contributed by atoms with Crippen molar-refractivity contribution in [2.75, 3.05) is 45.3 Å². The highest BCUT2D eigenvalue weighted by atomic mass is 127. The second kappa shape index (κ2) is 14.2. The maximum Gasteiger partial charge on any atom is 0.407 e. The summed E-state index contributed by atoms with van der Waals surface area (Å²) in [7, 11) is 3.47. The van der Waals surface area contributed by atoms with Crippen molar-refractivity contribution in [3.8, 4) is 5.75 Å². The lowest BCUT2D eigenvalue weighted by Gasteiger charge is -2.24. The van der Waals surface area contributed by atoms with Gasteiger partial charge in [-0.15, -0.1) is 24.0 Å². The Bertz CT molecular complexity index is 701. The van der Waals surface area contributed by atoms with Gasteiger partial charge in [0.15, 0.2) is 5.96 Å². The number of halogens is 1. The minimum absolute atomic E-state index is 0. The molecule has 8 nitrogen and oxygen atoms in total. The van der Waals surface area contributed by atoms with Gasteiger partial charge in [-0.25, -0.2) is 4.79 Å². The Morgan fingerprint density at radius 2 is 2.06 bits per heavy atom. The first-order valence-electron chi connectivity index (χ1n) is 10.7. The van der Waals surface area contributed by atoms with E-state index in [1.165, 1.54) is 0 Å². The first kappa shape index (κ1) is 27.1. The van der Waals surface area contributed by atoms with Gasteiger partial charge in [-0.2, -0.15) is 0 Å². The van der Waals surface area contributed by atoms with Gasteiger partial charge in [0.1, 0.15) is 5.75 Å². The second-order valence-electron chi connectivity index (χ2n) is 7.89. The highest BCUT2D eigenvalue weighted by Gasteiger charge is 2.25. The highest BCUT2D eigenvalue weighted by Crippen LogP contribution is 2.30. The van der Waals surface area contributed by atoms with E-state index >= 15 is 0 Å². The molecule has 0 aromatic heterocycles. The van der Waals surface area contributed by atoms with Crippen LogP contribution in [0.2, 0.25) is 0 Å². The summed E-state index contributed by atoms with van der Waals surface area (Å²) < 4.78 is 10.5. The van der Waals surface area contributed by atoms with Crippen LogP contribution in [0, 0.1) is 5.92 Å². The molecular weight excluding hydrogens is 509 g/mol. The van der Waals surface area contributed by atoms with Crippen molar-refractivity contribution in [3.05, 3.63) is 24.3 Å². The molecule has 2 unspecified atom stereocenters. The van der Waals surface area contributed by atoms with Crippen molar-refractivity contribution < 1.29 is 14.3 Å². The van der Waals surface area contributed by atoms with E-state index in [-0.39, 0.29) is 42.2 Å². The largest absolute Gasteiger partial charge is 0.495 e. The van der Waals surface area contributed by atoms with Crippen LogP contribution in [0.15, 0.2) is 29.3 Å². The number of benzene rings is 1. The SMILES string of the molecule is CCOC(=O)NC(CNC(=NC)NC1CCN(c2ccccc2OC)C1)CC(C)C.I. The predicted octanol–water partition coefficient (Wildman–Crippen LogP) is 3.22. The van der Waals surface area contributed by atoms with Gasteiger partial charge in [-0.3, -0.25) is 4.99 Å². The molecule has 1 aromatic carbocycles. The molecule has 0 radical (unpaired) electrons. The Hall–Kier alpha value is -1.91. The summed E-state index contributed by atoms with van der Waals surface area (Å²) in [6, 6.07) is 8.34. The van der Waals surface area contributed by atoms with E-state index in [4.69, 9.17) is 9.47 Å². The van der Waals surface area contributed by atoms with E-state index in [0.717, 1.165) is 43.3 Å². The number of hydrogen-bond acceptors (Lipinski definition) is 5. The maximum absolute atomic E-state index is 11.8. The van der Waals surface area contributed by atoms with E-state index in [9.17, 15) is 4.79 Å². The molecule has 3 N–H and O–H groups in total. The van der Waals surface area contributed by atoms with Crippen LogP contribution >= 0.6 is 24.0 Å². The predicted molar refractivity (Wildman–Crippen MR) is 137 cm³/mol. The van der Waals surface area contributed by atoms with Crippen molar-refractivity contribution in [2.45, 2.75) is 45.7 Å². The molecule has 0 saturated carbocycles. The molecule has 31 heavy (non-hydrogen) atoms. The number of nitrogens with zero attached hydrogens (tertiary/aromatic N) is 2. The fourth-order valence-electron chi connectivity index (χ4n) is 3.70. The molecule has 176 valence electrons. The first-order valence-corrected chi connectivity index (χ1v) is 10.7. The standard InChI is InChI=1S/C22H37N5O3.HI/c1-6-30-22(28)26-18(13-16(2)3)14-24-21(23-4)25-17-11-12-27(15-17)19-9-7-8-10-20(19)29-5;/h7-10,16-18H,6,11-15H2,1-5H3,(H,26,28)(H2,23,24,25);1H. The number of anilines is 1.